The van der Waals surface area contributed by atoms with Crippen molar-refractivity contribution in [1.29, 1.82) is 0 Å². The largest absolute Gasteiger partial charge is 0.506 e. The third kappa shape index (κ3) is 7.19. The minimum atomic E-state index is -0.809. The summed E-state index contributed by atoms with van der Waals surface area (Å²) in [5, 5.41) is 24.1. The normalized spacial score (nSPS) is 17.4. The molecular weight excluding hydrogens is 629 g/mol. The monoisotopic (exact) mass is 666 g/mol. The number of carbonyl (C=O) groups is 2. The molecule has 4 aromatic rings. The standard InChI is InChI=1S/C33H38N4O7S2/c1-43-31(41)27-8-7-26(45-27)30(40)37-15-16-44-33(20-37)10-13-36(14-11-33)19-22-4-2-3-21(17-22)9-12-34-18-25(39)23-5-6-24(38)28-29(23)46-32(42)35-28/h2-8,17,25,34,38-39H,9-16,18-20H2,1H3,(H,35,42). The predicted octanol–water partition coefficient (Wildman–Crippen LogP) is 3.52. The number of rotatable bonds is 10. The van der Waals surface area contributed by atoms with Crippen LogP contribution in [-0.4, -0.2) is 95.5 Å². The Bertz CT molecular complexity index is 1760. The van der Waals surface area contributed by atoms with Gasteiger partial charge in [0.15, 0.2) is 0 Å². The van der Waals surface area contributed by atoms with Gasteiger partial charge >= 0.3 is 10.8 Å². The van der Waals surface area contributed by atoms with Gasteiger partial charge in [-0.1, -0.05) is 41.7 Å². The first kappa shape index (κ1) is 32.4. The van der Waals surface area contributed by atoms with Crippen LogP contribution in [0.25, 0.3) is 10.2 Å². The molecule has 6 rings (SSSR count). The van der Waals surface area contributed by atoms with Crippen LogP contribution in [0.1, 0.15) is 55.0 Å². The third-order valence-electron chi connectivity index (χ3n) is 8.78. The molecular formula is C33H38N4O7S2. The van der Waals surface area contributed by atoms with E-state index < -0.39 is 12.1 Å². The number of benzene rings is 2. The van der Waals surface area contributed by atoms with E-state index in [-0.39, 0.29) is 22.1 Å². The van der Waals surface area contributed by atoms with Crippen molar-refractivity contribution in [2.75, 3.05) is 53.0 Å². The fourth-order valence-electron chi connectivity index (χ4n) is 6.28. The maximum atomic E-state index is 13.2. The topological polar surface area (TPSA) is 144 Å². The number of carbonyl (C=O) groups excluding carboxylic acids is 2. The molecule has 0 saturated carbocycles. The van der Waals surface area contributed by atoms with E-state index in [0.29, 0.717) is 58.3 Å². The van der Waals surface area contributed by atoms with Crippen LogP contribution in [0.3, 0.4) is 0 Å². The lowest BCUT2D eigenvalue weighted by atomic mass is 9.89. The van der Waals surface area contributed by atoms with Gasteiger partial charge < -0.3 is 34.9 Å². The summed E-state index contributed by atoms with van der Waals surface area (Å²) < 4.78 is 11.6. The number of H-pyrrole nitrogens is 1. The average molecular weight is 667 g/mol. The highest BCUT2D eigenvalue weighted by molar-refractivity contribution is 7.16. The molecule has 0 radical (unpaired) electrons. The number of fused-ring (bicyclic) bond motifs is 1. The lowest BCUT2D eigenvalue weighted by molar-refractivity contribution is -0.127. The van der Waals surface area contributed by atoms with Crippen molar-refractivity contribution in [3.63, 3.8) is 0 Å². The first-order chi connectivity index (χ1) is 22.2. The highest BCUT2D eigenvalue weighted by atomic mass is 32.1. The van der Waals surface area contributed by atoms with Crippen molar-refractivity contribution < 1.29 is 29.3 Å². The number of thiophene rings is 1. The number of hydrogen-bond donors (Lipinski definition) is 4. The third-order valence-corrected chi connectivity index (χ3v) is 10.8. The molecule has 2 fully saturated rings. The summed E-state index contributed by atoms with van der Waals surface area (Å²) in [5.74, 6) is -0.504. The molecule has 1 unspecified atom stereocenters. The molecule has 1 spiro atoms. The van der Waals surface area contributed by atoms with E-state index in [9.17, 15) is 24.6 Å². The molecule has 2 aromatic carbocycles. The number of methoxy groups -OCH3 is 1. The fraction of sp³-hybridized carbons (Fsp3) is 0.424. The Morgan fingerprint density at radius 1 is 1.09 bits per heavy atom. The van der Waals surface area contributed by atoms with E-state index in [0.717, 1.165) is 50.2 Å². The lowest BCUT2D eigenvalue weighted by Crippen LogP contribution is -2.57. The zero-order valence-electron chi connectivity index (χ0n) is 25.6. The number of nitrogens with one attached hydrogen (secondary N) is 2. The summed E-state index contributed by atoms with van der Waals surface area (Å²) in [6.07, 6.45) is 1.67. The van der Waals surface area contributed by atoms with Gasteiger partial charge in [-0.3, -0.25) is 14.5 Å². The fourth-order valence-corrected chi connectivity index (χ4v) is 8.09. The highest BCUT2D eigenvalue weighted by Crippen LogP contribution is 2.33. The quantitative estimate of drug-likeness (QED) is 0.148. The number of nitrogens with zero attached hydrogens (tertiary/aromatic N) is 2. The molecule has 2 aliphatic rings. The smallest absolute Gasteiger partial charge is 0.348 e. The summed E-state index contributed by atoms with van der Waals surface area (Å²) >= 11 is 2.15. The Morgan fingerprint density at radius 3 is 2.67 bits per heavy atom. The second-order valence-electron chi connectivity index (χ2n) is 11.9. The Balaban J connectivity index is 0.967. The number of aliphatic hydroxyl groups is 1. The maximum Gasteiger partial charge on any atom is 0.348 e. The number of morpholine rings is 1. The van der Waals surface area contributed by atoms with E-state index in [4.69, 9.17) is 9.47 Å². The van der Waals surface area contributed by atoms with Crippen molar-refractivity contribution in [1.82, 2.24) is 20.1 Å². The van der Waals surface area contributed by atoms with E-state index in [2.05, 4.69) is 39.5 Å². The number of phenolic OH excluding ortho intramolecular Hbond substituents is 1. The van der Waals surface area contributed by atoms with Crippen molar-refractivity contribution >= 4 is 44.8 Å². The van der Waals surface area contributed by atoms with Gasteiger partial charge in [0.1, 0.15) is 16.1 Å². The Hall–Kier alpha value is -3.59. The molecule has 4 heterocycles. The maximum absolute atomic E-state index is 13.2. The van der Waals surface area contributed by atoms with Gasteiger partial charge in [0.25, 0.3) is 5.91 Å². The SMILES string of the molecule is COC(=O)c1ccc(C(=O)N2CCOC3(CCN(Cc4cccc(CCNCC(O)c5ccc(O)c6[nH]c(=O)sc56)c4)CC3)C2)s1. The Kier molecular flexibility index (Phi) is 9.87. The number of ether oxygens (including phenoxy) is 2. The molecule has 0 aliphatic carbocycles. The van der Waals surface area contributed by atoms with E-state index in [1.54, 1.807) is 18.2 Å². The van der Waals surface area contributed by atoms with E-state index in [1.165, 1.54) is 35.6 Å². The van der Waals surface area contributed by atoms with E-state index in [1.807, 2.05) is 4.90 Å². The number of thiazole rings is 1. The summed E-state index contributed by atoms with van der Waals surface area (Å²) in [4.78, 5) is 44.4. The van der Waals surface area contributed by atoms with Crippen molar-refractivity contribution in [2.45, 2.75) is 37.5 Å². The molecule has 1 atom stereocenters. The molecule has 1 amide bonds. The summed E-state index contributed by atoms with van der Waals surface area (Å²) in [7, 11) is 1.33. The van der Waals surface area contributed by atoms with Gasteiger partial charge in [-0.25, -0.2) is 4.79 Å². The number of esters is 1. The molecule has 244 valence electrons. The van der Waals surface area contributed by atoms with Gasteiger partial charge in [0.2, 0.25) is 0 Å². The van der Waals surface area contributed by atoms with Gasteiger partial charge in [-0.05, 0) is 55.1 Å². The molecule has 2 aliphatic heterocycles. The van der Waals surface area contributed by atoms with Gasteiger partial charge in [-0.2, -0.15) is 0 Å². The Labute approximate surface area is 274 Å². The van der Waals surface area contributed by atoms with Gasteiger partial charge in [0.05, 0.1) is 41.5 Å². The number of aromatic nitrogens is 1. The van der Waals surface area contributed by atoms with Crippen LogP contribution in [0.4, 0.5) is 0 Å². The molecule has 13 heteroatoms. The van der Waals surface area contributed by atoms with Gasteiger partial charge in [0, 0.05) is 38.3 Å². The number of amides is 1. The molecule has 4 N–H and O–H groups in total. The minimum Gasteiger partial charge on any atom is -0.506 e. The first-order valence-corrected chi connectivity index (χ1v) is 17.0. The minimum absolute atomic E-state index is 0.00532. The summed E-state index contributed by atoms with van der Waals surface area (Å²) in [6.45, 7) is 5.17. The summed E-state index contributed by atoms with van der Waals surface area (Å²) in [5.41, 5.74) is 3.07. The highest BCUT2D eigenvalue weighted by Gasteiger charge is 2.41. The zero-order chi connectivity index (χ0) is 32.3. The van der Waals surface area contributed by atoms with Gasteiger partial charge in [-0.15, -0.1) is 11.3 Å². The van der Waals surface area contributed by atoms with Crippen LogP contribution in [0.2, 0.25) is 0 Å². The van der Waals surface area contributed by atoms with Crippen LogP contribution in [0.5, 0.6) is 5.75 Å². The van der Waals surface area contributed by atoms with Crippen molar-refractivity contribution in [2.24, 2.45) is 0 Å². The second kappa shape index (κ2) is 14.0. The second-order valence-corrected chi connectivity index (χ2v) is 13.9. The number of aromatic amines is 1. The number of phenols is 1. The predicted molar refractivity (Wildman–Crippen MR) is 177 cm³/mol. The van der Waals surface area contributed by atoms with Crippen LogP contribution in [0.15, 0.2) is 53.3 Å². The van der Waals surface area contributed by atoms with Crippen LogP contribution in [-0.2, 0) is 22.4 Å². The van der Waals surface area contributed by atoms with Crippen LogP contribution >= 0.6 is 22.7 Å². The zero-order valence-corrected chi connectivity index (χ0v) is 27.3. The summed E-state index contributed by atoms with van der Waals surface area (Å²) in [6, 6.07) is 15.0. The molecule has 2 aromatic heterocycles. The molecule has 0 bridgehead atoms. The number of aromatic hydroxyl groups is 1. The first-order valence-electron chi connectivity index (χ1n) is 15.4. The number of hydrogen-bond acceptors (Lipinski definition) is 11. The van der Waals surface area contributed by atoms with Crippen LogP contribution in [0, 0.1) is 0 Å². The van der Waals surface area contributed by atoms with Crippen molar-refractivity contribution in [3.05, 3.63) is 84.6 Å². The average Bonchev–Trinajstić information content (AvgIpc) is 3.72. The molecule has 46 heavy (non-hydrogen) atoms. The lowest BCUT2D eigenvalue weighted by Gasteiger charge is -2.47. The van der Waals surface area contributed by atoms with Crippen molar-refractivity contribution in [3.8, 4) is 5.75 Å². The Morgan fingerprint density at radius 2 is 1.87 bits per heavy atom. The van der Waals surface area contributed by atoms with E-state index >= 15 is 0 Å². The number of piperidine rings is 1. The molecule has 11 nitrogen and oxygen atoms in total. The van der Waals surface area contributed by atoms with Crippen LogP contribution < -0.4 is 10.2 Å². The molecule has 2 saturated heterocycles. The number of likely N-dealkylation sites (tertiary alicyclic amines) is 1. The number of aliphatic hydroxyl groups excluding tert-OH is 1.